The third-order valence-corrected chi connectivity index (χ3v) is 5.57. The number of anilines is 1. The van der Waals surface area contributed by atoms with Gasteiger partial charge in [0.05, 0.1) is 20.6 Å². The first-order chi connectivity index (χ1) is 17.1. The quantitative estimate of drug-likeness (QED) is 0.390. The molecule has 0 fully saturated rings. The molecule has 2 N–H and O–H groups in total. The molecule has 3 heterocycles. The predicted molar refractivity (Wildman–Crippen MR) is 126 cm³/mol. The van der Waals surface area contributed by atoms with Gasteiger partial charge in [0.15, 0.2) is 23.1 Å². The third kappa shape index (κ3) is 4.29. The number of carbonyl (C=O) groups is 2. The van der Waals surface area contributed by atoms with E-state index in [0.29, 0.717) is 34.4 Å². The molecule has 5 rings (SSSR count). The Morgan fingerprint density at radius 3 is 2.74 bits per heavy atom. The van der Waals surface area contributed by atoms with Gasteiger partial charge in [-0.05, 0) is 30.3 Å². The average molecular weight is 471 g/mol. The van der Waals surface area contributed by atoms with E-state index in [0.717, 1.165) is 11.1 Å². The molecule has 0 bridgehead atoms. The highest BCUT2D eigenvalue weighted by Gasteiger charge is 2.36. The lowest BCUT2D eigenvalue weighted by atomic mass is 10.0. The zero-order chi connectivity index (χ0) is 24.4. The molecule has 2 aromatic carbocycles. The maximum atomic E-state index is 12.8. The number of aromatic nitrogens is 4. The van der Waals surface area contributed by atoms with E-state index in [9.17, 15) is 9.59 Å². The van der Waals surface area contributed by atoms with Crippen molar-refractivity contribution in [3.63, 3.8) is 0 Å². The number of nitrogens with zero attached hydrogens (tertiary/aromatic N) is 3. The van der Waals surface area contributed by atoms with Crippen LogP contribution in [0.4, 0.5) is 5.69 Å². The van der Waals surface area contributed by atoms with Gasteiger partial charge in [-0.3, -0.25) is 14.9 Å². The van der Waals surface area contributed by atoms with E-state index in [1.165, 1.54) is 14.2 Å². The van der Waals surface area contributed by atoms with Gasteiger partial charge in [-0.15, -0.1) is 0 Å². The standard InChI is InChI=1S/C25H21N5O5/c1-33-18-9-8-17-19(35-25(32)21(17)22(18)34-2)12-20(31)27-16-7-3-5-14(11-16)23-28-24(30-29-23)15-6-4-10-26-13-15/h3-11,13,19H,12H2,1-2H3,(H,27,31)(H,28,29,30)/t19-/m0/s1. The number of rotatable bonds is 7. The molecule has 0 saturated carbocycles. The Labute approximate surface area is 200 Å². The second-order valence-corrected chi connectivity index (χ2v) is 7.74. The Bertz CT molecular complexity index is 1400. The number of H-pyrrole nitrogens is 1. The topological polar surface area (TPSA) is 128 Å². The largest absolute Gasteiger partial charge is 0.493 e. The van der Waals surface area contributed by atoms with E-state index in [2.05, 4.69) is 25.5 Å². The number of amides is 1. The number of hydrogen-bond donors (Lipinski definition) is 2. The second-order valence-electron chi connectivity index (χ2n) is 7.74. The Morgan fingerprint density at radius 2 is 1.97 bits per heavy atom. The Morgan fingerprint density at radius 1 is 1.11 bits per heavy atom. The minimum atomic E-state index is -0.725. The molecule has 4 aromatic rings. The molecule has 176 valence electrons. The molecule has 2 aromatic heterocycles. The van der Waals surface area contributed by atoms with Crippen LogP contribution in [0.1, 0.15) is 28.4 Å². The Kier molecular flexibility index (Phi) is 5.84. The lowest BCUT2D eigenvalue weighted by Crippen LogP contribution is -2.15. The van der Waals surface area contributed by atoms with Gasteiger partial charge in [0.1, 0.15) is 11.7 Å². The smallest absolute Gasteiger partial charge is 0.343 e. The number of carbonyl (C=O) groups excluding carboxylic acids is 2. The zero-order valence-corrected chi connectivity index (χ0v) is 18.9. The lowest BCUT2D eigenvalue weighted by Gasteiger charge is -2.13. The Hall–Kier alpha value is -4.73. The first-order valence-electron chi connectivity index (χ1n) is 10.8. The van der Waals surface area contributed by atoms with Crippen molar-refractivity contribution in [2.24, 2.45) is 0 Å². The molecule has 0 unspecified atom stereocenters. The van der Waals surface area contributed by atoms with Crippen LogP contribution in [0.25, 0.3) is 22.8 Å². The molecular weight excluding hydrogens is 450 g/mol. The highest BCUT2D eigenvalue weighted by Crippen LogP contribution is 2.43. The van der Waals surface area contributed by atoms with Gasteiger partial charge in [-0.1, -0.05) is 18.2 Å². The van der Waals surface area contributed by atoms with Gasteiger partial charge >= 0.3 is 5.97 Å². The highest BCUT2D eigenvalue weighted by molar-refractivity contribution is 5.99. The molecule has 10 heteroatoms. The van der Waals surface area contributed by atoms with Crippen LogP contribution in [0.2, 0.25) is 0 Å². The summed E-state index contributed by atoms with van der Waals surface area (Å²) in [5.74, 6) is 0.935. The Balaban J connectivity index is 1.31. The number of ether oxygens (including phenoxy) is 3. The number of esters is 1. The van der Waals surface area contributed by atoms with Crippen LogP contribution in [-0.2, 0) is 9.53 Å². The van der Waals surface area contributed by atoms with Gasteiger partial charge in [0, 0.05) is 34.8 Å². The third-order valence-electron chi connectivity index (χ3n) is 5.57. The highest BCUT2D eigenvalue weighted by atomic mass is 16.6. The predicted octanol–water partition coefficient (Wildman–Crippen LogP) is 3.79. The monoisotopic (exact) mass is 471 g/mol. The van der Waals surface area contributed by atoms with Crippen LogP contribution in [0.15, 0.2) is 60.9 Å². The summed E-state index contributed by atoms with van der Waals surface area (Å²) in [6.45, 7) is 0. The summed E-state index contributed by atoms with van der Waals surface area (Å²) in [4.78, 5) is 33.9. The van der Waals surface area contributed by atoms with Gasteiger partial charge in [0.2, 0.25) is 5.91 Å². The summed E-state index contributed by atoms with van der Waals surface area (Å²) >= 11 is 0. The molecular formula is C25H21N5O5. The summed E-state index contributed by atoms with van der Waals surface area (Å²) in [6, 6.07) is 14.3. The van der Waals surface area contributed by atoms with Gasteiger partial charge in [-0.2, -0.15) is 5.10 Å². The van der Waals surface area contributed by atoms with E-state index >= 15 is 0 Å². The van der Waals surface area contributed by atoms with Crippen molar-refractivity contribution in [2.45, 2.75) is 12.5 Å². The number of aromatic amines is 1. The minimum Gasteiger partial charge on any atom is -0.493 e. The molecule has 1 aliphatic rings. The van der Waals surface area contributed by atoms with Crippen molar-refractivity contribution >= 4 is 17.6 Å². The number of benzene rings is 2. The van der Waals surface area contributed by atoms with Gasteiger partial charge in [0.25, 0.3) is 0 Å². The first kappa shape index (κ1) is 22.1. The van der Waals surface area contributed by atoms with Crippen molar-refractivity contribution < 1.29 is 23.8 Å². The molecule has 0 aliphatic carbocycles. The summed E-state index contributed by atoms with van der Waals surface area (Å²) < 4.78 is 16.0. The van der Waals surface area contributed by atoms with Crippen molar-refractivity contribution in [2.75, 3.05) is 19.5 Å². The maximum absolute atomic E-state index is 12.8. The van der Waals surface area contributed by atoms with Crippen LogP contribution < -0.4 is 14.8 Å². The van der Waals surface area contributed by atoms with E-state index < -0.39 is 12.1 Å². The van der Waals surface area contributed by atoms with Crippen molar-refractivity contribution in [1.82, 2.24) is 20.2 Å². The van der Waals surface area contributed by atoms with Crippen LogP contribution >= 0.6 is 0 Å². The molecule has 1 aliphatic heterocycles. The van der Waals surface area contributed by atoms with Crippen molar-refractivity contribution in [3.05, 3.63) is 72.1 Å². The number of hydrogen-bond acceptors (Lipinski definition) is 8. The van der Waals surface area contributed by atoms with Gasteiger partial charge in [-0.25, -0.2) is 9.78 Å². The van der Waals surface area contributed by atoms with Crippen molar-refractivity contribution in [3.8, 4) is 34.3 Å². The first-order valence-corrected chi connectivity index (χ1v) is 10.8. The molecule has 35 heavy (non-hydrogen) atoms. The summed E-state index contributed by atoms with van der Waals surface area (Å²) in [6.07, 6.45) is 2.59. The second kappa shape index (κ2) is 9.26. The average Bonchev–Trinajstić information content (AvgIpc) is 3.49. The number of cyclic esters (lactones) is 1. The fraction of sp³-hybridized carbons (Fsp3) is 0.160. The van der Waals surface area contributed by atoms with Crippen LogP contribution in [0.5, 0.6) is 11.5 Å². The molecule has 0 spiro atoms. The molecule has 1 atom stereocenters. The zero-order valence-electron chi connectivity index (χ0n) is 18.9. The number of fused-ring (bicyclic) bond motifs is 1. The fourth-order valence-corrected chi connectivity index (χ4v) is 3.96. The van der Waals surface area contributed by atoms with E-state index in [1.807, 2.05) is 18.2 Å². The van der Waals surface area contributed by atoms with Crippen LogP contribution in [-0.4, -0.2) is 46.3 Å². The lowest BCUT2D eigenvalue weighted by molar-refractivity contribution is -0.118. The van der Waals surface area contributed by atoms with Crippen LogP contribution in [0, 0.1) is 0 Å². The minimum absolute atomic E-state index is 0.0497. The molecule has 10 nitrogen and oxygen atoms in total. The van der Waals surface area contributed by atoms with E-state index in [-0.39, 0.29) is 17.9 Å². The number of nitrogens with one attached hydrogen (secondary N) is 2. The SMILES string of the molecule is COc1ccc2c(c1OC)C(=O)O[C@H]2CC(=O)Nc1cccc(-c2nc(-c3cccnc3)n[nH]2)c1. The van der Waals surface area contributed by atoms with Crippen molar-refractivity contribution in [1.29, 1.82) is 0 Å². The molecule has 0 radical (unpaired) electrons. The normalized spacial score (nSPS) is 14.2. The molecule has 0 saturated heterocycles. The van der Waals surface area contributed by atoms with E-state index in [4.69, 9.17) is 14.2 Å². The fourth-order valence-electron chi connectivity index (χ4n) is 3.96. The summed E-state index contributed by atoms with van der Waals surface area (Å²) in [7, 11) is 2.94. The van der Waals surface area contributed by atoms with Gasteiger partial charge < -0.3 is 19.5 Å². The summed E-state index contributed by atoms with van der Waals surface area (Å²) in [5.41, 5.74) is 2.98. The van der Waals surface area contributed by atoms with E-state index in [1.54, 1.807) is 42.7 Å². The van der Waals surface area contributed by atoms with Crippen LogP contribution in [0.3, 0.4) is 0 Å². The number of methoxy groups -OCH3 is 2. The summed E-state index contributed by atoms with van der Waals surface area (Å²) in [5, 5.41) is 10.0. The number of pyridine rings is 1. The maximum Gasteiger partial charge on any atom is 0.343 e. The molecule has 1 amide bonds.